The molecule has 3 atom stereocenters. The zero-order chi connectivity index (χ0) is 27.5. The van der Waals surface area contributed by atoms with Crippen LogP contribution in [0.15, 0.2) is 0 Å². The lowest BCUT2D eigenvalue weighted by Crippen LogP contribution is -2.13. The van der Waals surface area contributed by atoms with Crippen molar-refractivity contribution in [1.82, 2.24) is 0 Å². The summed E-state index contributed by atoms with van der Waals surface area (Å²) in [7, 11) is -3.91. The van der Waals surface area contributed by atoms with E-state index in [2.05, 4.69) is 18.4 Å². The van der Waals surface area contributed by atoms with Crippen LogP contribution in [-0.2, 0) is 23.1 Å². The van der Waals surface area contributed by atoms with E-state index in [-0.39, 0.29) is 19.3 Å². The first kappa shape index (κ1) is 37.0. The van der Waals surface area contributed by atoms with Gasteiger partial charge in [-0.1, -0.05) is 117 Å². The average molecular weight is 551 g/mol. The molecule has 0 fully saturated rings. The largest absolute Gasteiger partial charge is 0.472 e. The fraction of sp³-hybridized carbons (Fsp3) is 1.00. The highest BCUT2D eigenvalue weighted by atomic mass is 31.2. The topological polar surface area (TPSA) is 74.2 Å². The van der Waals surface area contributed by atoms with Gasteiger partial charge in [-0.15, -0.1) is 0 Å². The SMILES string of the molecule is CCCCCCCCCCCCC(CCC)OCCCCCCCCC(C)OCCOP(=O)(O)OCC. The van der Waals surface area contributed by atoms with Crippen molar-refractivity contribution < 1.29 is 28.0 Å². The second kappa shape index (κ2) is 27.6. The molecule has 224 valence electrons. The molecule has 0 spiro atoms. The molecule has 0 amide bonds. The van der Waals surface area contributed by atoms with Gasteiger partial charge in [-0.25, -0.2) is 4.57 Å². The van der Waals surface area contributed by atoms with E-state index in [4.69, 9.17) is 14.0 Å². The number of phosphoric ester groups is 1. The molecule has 0 aliphatic heterocycles. The molecule has 0 radical (unpaired) electrons. The number of unbranched alkanes of at least 4 members (excludes halogenated alkanes) is 14. The van der Waals surface area contributed by atoms with Crippen LogP contribution in [0.3, 0.4) is 0 Å². The van der Waals surface area contributed by atoms with Gasteiger partial charge < -0.3 is 14.4 Å². The third-order valence-corrected chi connectivity index (χ3v) is 7.97. The molecule has 7 heteroatoms. The van der Waals surface area contributed by atoms with Gasteiger partial charge in [-0.3, -0.25) is 9.05 Å². The molecule has 0 bridgehead atoms. The summed E-state index contributed by atoms with van der Waals surface area (Å²) in [5.74, 6) is 0. The number of hydrogen-bond donors (Lipinski definition) is 1. The average Bonchev–Trinajstić information content (AvgIpc) is 2.86. The predicted octanol–water partition coefficient (Wildman–Crippen LogP) is 9.77. The highest BCUT2D eigenvalue weighted by Crippen LogP contribution is 2.42. The van der Waals surface area contributed by atoms with Gasteiger partial charge in [-0.2, -0.15) is 0 Å². The molecule has 0 saturated heterocycles. The standard InChI is InChI=1S/C30H63O6P/c1-5-8-9-10-11-12-13-14-18-21-25-30(23-6-2)34-26-22-19-16-15-17-20-24-29(4)33-27-28-36-37(31,32)35-7-3/h29-30H,5-28H2,1-4H3,(H,31,32). The van der Waals surface area contributed by atoms with Crippen molar-refractivity contribution in [3.05, 3.63) is 0 Å². The predicted molar refractivity (Wildman–Crippen MR) is 156 cm³/mol. The number of hydrogen-bond acceptors (Lipinski definition) is 5. The number of ether oxygens (including phenoxy) is 2. The van der Waals surface area contributed by atoms with E-state index >= 15 is 0 Å². The Morgan fingerprint density at radius 3 is 1.68 bits per heavy atom. The van der Waals surface area contributed by atoms with Gasteiger partial charge in [0.05, 0.1) is 32.0 Å². The maximum absolute atomic E-state index is 11.4. The quantitative estimate of drug-likeness (QED) is 0.0708. The summed E-state index contributed by atoms with van der Waals surface area (Å²) in [5, 5.41) is 0. The third-order valence-electron chi connectivity index (χ3n) is 6.88. The second-order valence-electron chi connectivity index (χ2n) is 10.6. The van der Waals surface area contributed by atoms with Crippen LogP contribution < -0.4 is 0 Å². The monoisotopic (exact) mass is 550 g/mol. The van der Waals surface area contributed by atoms with Crippen LogP contribution in [0.5, 0.6) is 0 Å². The van der Waals surface area contributed by atoms with Crippen LogP contribution in [-0.4, -0.2) is 43.5 Å². The molecule has 6 nitrogen and oxygen atoms in total. The Labute approximate surface area is 230 Å². The zero-order valence-corrected chi connectivity index (χ0v) is 26.0. The Morgan fingerprint density at radius 1 is 0.568 bits per heavy atom. The minimum absolute atomic E-state index is 0.0680. The summed E-state index contributed by atoms with van der Waals surface area (Å²) in [5.41, 5.74) is 0. The van der Waals surface area contributed by atoms with E-state index in [1.165, 1.54) is 116 Å². The third kappa shape index (κ3) is 27.4. The Bertz CT molecular complexity index is 504. The lowest BCUT2D eigenvalue weighted by molar-refractivity contribution is 0.0289. The Balaban J connectivity index is 3.54. The lowest BCUT2D eigenvalue weighted by atomic mass is 10.0. The van der Waals surface area contributed by atoms with Gasteiger partial charge in [0.25, 0.3) is 0 Å². The van der Waals surface area contributed by atoms with Crippen LogP contribution in [0.4, 0.5) is 0 Å². The molecular weight excluding hydrogens is 487 g/mol. The Morgan fingerprint density at radius 2 is 1.11 bits per heavy atom. The van der Waals surface area contributed by atoms with Crippen molar-refractivity contribution in [2.24, 2.45) is 0 Å². The van der Waals surface area contributed by atoms with E-state index in [1.807, 2.05) is 6.92 Å². The Kier molecular flexibility index (Phi) is 27.6. The smallest absolute Gasteiger partial charge is 0.378 e. The molecule has 0 heterocycles. The maximum Gasteiger partial charge on any atom is 0.472 e. The van der Waals surface area contributed by atoms with E-state index in [9.17, 15) is 9.46 Å². The second-order valence-corrected chi connectivity index (χ2v) is 12.0. The van der Waals surface area contributed by atoms with Crippen LogP contribution in [0.1, 0.15) is 156 Å². The number of phosphoric acid groups is 1. The molecule has 0 aliphatic rings. The first-order valence-electron chi connectivity index (χ1n) is 15.8. The van der Waals surface area contributed by atoms with Crippen LogP contribution in [0.2, 0.25) is 0 Å². The van der Waals surface area contributed by atoms with E-state index in [1.54, 1.807) is 6.92 Å². The summed E-state index contributed by atoms with van der Waals surface area (Å²) in [6.45, 7) is 9.69. The highest BCUT2D eigenvalue weighted by molar-refractivity contribution is 7.47. The van der Waals surface area contributed by atoms with Crippen molar-refractivity contribution in [2.75, 3.05) is 26.4 Å². The molecule has 0 aromatic heterocycles. The molecule has 0 rings (SSSR count). The Hall–Kier alpha value is 0.0300. The molecular formula is C30H63O6P. The van der Waals surface area contributed by atoms with E-state index in [0.29, 0.717) is 12.7 Å². The van der Waals surface area contributed by atoms with Gasteiger partial charge >= 0.3 is 7.82 Å². The normalized spacial score (nSPS) is 15.1. The zero-order valence-electron chi connectivity index (χ0n) is 25.1. The minimum Gasteiger partial charge on any atom is -0.378 e. The van der Waals surface area contributed by atoms with Crippen molar-refractivity contribution in [3.63, 3.8) is 0 Å². The molecule has 0 aromatic carbocycles. The molecule has 0 aliphatic carbocycles. The van der Waals surface area contributed by atoms with Crippen molar-refractivity contribution >= 4 is 7.82 Å². The molecule has 37 heavy (non-hydrogen) atoms. The van der Waals surface area contributed by atoms with Gasteiger partial charge in [0.1, 0.15) is 0 Å². The molecule has 3 unspecified atom stereocenters. The summed E-state index contributed by atoms with van der Waals surface area (Å²) >= 11 is 0. The summed E-state index contributed by atoms with van der Waals surface area (Å²) in [6, 6.07) is 0. The van der Waals surface area contributed by atoms with Gasteiger partial charge in [0.2, 0.25) is 0 Å². The summed E-state index contributed by atoms with van der Waals surface area (Å²) in [6.07, 6.45) is 26.5. The fourth-order valence-electron chi connectivity index (χ4n) is 4.67. The first-order chi connectivity index (χ1) is 17.9. The minimum atomic E-state index is -3.91. The molecule has 1 N–H and O–H groups in total. The van der Waals surface area contributed by atoms with Crippen molar-refractivity contribution in [2.45, 2.75) is 168 Å². The molecule has 0 saturated carbocycles. The molecule has 0 aromatic rings. The lowest BCUT2D eigenvalue weighted by Gasteiger charge is -2.17. The van der Waals surface area contributed by atoms with Crippen molar-refractivity contribution in [1.29, 1.82) is 0 Å². The van der Waals surface area contributed by atoms with Crippen LogP contribution >= 0.6 is 7.82 Å². The van der Waals surface area contributed by atoms with Gasteiger partial charge in [-0.05, 0) is 39.5 Å². The van der Waals surface area contributed by atoms with Gasteiger partial charge in [0.15, 0.2) is 0 Å². The summed E-state index contributed by atoms with van der Waals surface area (Å²) in [4.78, 5) is 9.35. The van der Waals surface area contributed by atoms with Crippen molar-refractivity contribution in [3.8, 4) is 0 Å². The number of rotatable bonds is 30. The van der Waals surface area contributed by atoms with E-state index in [0.717, 1.165) is 19.4 Å². The maximum atomic E-state index is 11.4. The summed E-state index contributed by atoms with van der Waals surface area (Å²) < 4.78 is 32.8. The van der Waals surface area contributed by atoms with Crippen LogP contribution in [0, 0.1) is 0 Å². The van der Waals surface area contributed by atoms with E-state index < -0.39 is 7.82 Å². The van der Waals surface area contributed by atoms with Gasteiger partial charge in [0, 0.05) is 6.61 Å². The fourth-order valence-corrected chi connectivity index (χ4v) is 5.38. The highest BCUT2D eigenvalue weighted by Gasteiger charge is 2.19. The first-order valence-corrected chi connectivity index (χ1v) is 17.3. The van der Waals surface area contributed by atoms with Crippen LogP contribution in [0.25, 0.3) is 0 Å².